The molecule has 0 spiro atoms. The van der Waals surface area contributed by atoms with Gasteiger partial charge in [0.25, 0.3) is 0 Å². The molecular formula is C17H16ClNO4S. The van der Waals surface area contributed by atoms with Gasteiger partial charge in [0, 0.05) is 18.1 Å². The van der Waals surface area contributed by atoms with Gasteiger partial charge in [-0.3, -0.25) is 0 Å². The van der Waals surface area contributed by atoms with Crippen LogP contribution >= 0.6 is 11.6 Å². The van der Waals surface area contributed by atoms with Crippen LogP contribution in [0.5, 0.6) is 5.75 Å². The molecule has 0 aromatic heterocycles. The Labute approximate surface area is 145 Å². The van der Waals surface area contributed by atoms with Crippen LogP contribution in [0.15, 0.2) is 53.4 Å². The fourth-order valence-electron chi connectivity index (χ4n) is 2.51. The van der Waals surface area contributed by atoms with Crippen molar-refractivity contribution in [1.82, 2.24) is 4.31 Å². The fourth-order valence-corrected chi connectivity index (χ4v) is 4.15. The third kappa shape index (κ3) is 3.61. The maximum absolute atomic E-state index is 12.4. The van der Waals surface area contributed by atoms with E-state index in [-0.39, 0.29) is 10.5 Å². The molecule has 2 aromatic carbocycles. The van der Waals surface area contributed by atoms with Gasteiger partial charge < -0.3 is 4.74 Å². The number of rotatable bonds is 4. The number of esters is 1. The Kier molecular flexibility index (Phi) is 4.89. The maximum Gasteiger partial charge on any atom is 0.343 e. The molecule has 7 heteroatoms. The van der Waals surface area contributed by atoms with Gasteiger partial charge in [0.15, 0.2) is 0 Å². The van der Waals surface area contributed by atoms with Crippen LogP contribution < -0.4 is 4.74 Å². The molecule has 3 rings (SSSR count). The lowest BCUT2D eigenvalue weighted by atomic mass is 10.2. The Hall–Kier alpha value is -1.89. The SMILES string of the molecule is O=C(Oc1ccc(Cl)cc1)c1ccc(S(=O)(=O)N2CCCC2)cc1. The Bertz CT molecular complexity index is 826. The Morgan fingerprint density at radius 3 is 2.12 bits per heavy atom. The molecule has 0 aliphatic carbocycles. The molecule has 24 heavy (non-hydrogen) atoms. The van der Waals surface area contributed by atoms with E-state index >= 15 is 0 Å². The number of carbonyl (C=O) groups is 1. The van der Waals surface area contributed by atoms with Crippen LogP contribution in [0, 0.1) is 0 Å². The number of nitrogens with zero attached hydrogens (tertiary/aromatic N) is 1. The summed E-state index contributed by atoms with van der Waals surface area (Å²) in [5, 5.41) is 0.547. The quantitative estimate of drug-likeness (QED) is 0.615. The lowest BCUT2D eigenvalue weighted by molar-refractivity contribution is 0.0734. The molecule has 1 heterocycles. The first-order valence-corrected chi connectivity index (χ1v) is 9.36. The number of hydrogen-bond acceptors (Lipinski definition) is 4. The summed E-state index contributed by atoms with van der Waals surface area (Å²) in [5.41, 5.74) is 0.283. The second-order valence-electron chi connectivity index (χ2n) is 5.48. The van der Waals surface area contributed by atoms with E-state index in [1.54, 1.807) is 24.3 Å². The van der Waals surface area contributed by atoms with E-state index < -0.39 is 16.0 Å². The monoisotopic (exact) mass is 365 g/mol. The van der Waals surface area contributed by atoms with Gasteiger partial charge in [0.05, 0.1) is 10.5 Å². The minimum atomic E-state index is -3.48. The first-order valence-electron chi connectivity index (χ1n) is 7.55. The van der Waals surface area contributed by atoms with Crippen LogP contribution in [0.3, 0.4) is 0 Å². The number of hydrogen-bond donors (Lipinski definition) is 0. The zero-order chi connectivity index (χ0) is 17.2. The van der Waals surface area contributed by atoms with Crippen LogP contribution in [0.1, 0.15) is 23.2 Å². The molecule has 1 aliphatic rings. The van der Waals surface area contributed by atoms with E-state index in [4.69, 9.17) is 16.3 Å². The predicted octanol–water partition coefficient (Wildman–Crippen LogP) is 3.34. The highest BCUT2D eigenvalue weighted by molar-refractivity contribution is 7.89. The summed E-state index contributed by atoms with van der Waals surface area (Å²) >= 11 is 5.78. The summed E-state index contributed by atoms with van der Waals surface area (Å²) < 4.78 is 31.6. The molecular weight excluding hydrogens is 350 g/mol. The molecule has 5 nitrogen and oxygen atoms in total. The number of sulfonamides is 1. The summed E-state index contributed by atoms with van der Waals surface area (Å²) in [6.45, 7) is 1.09. The van der Waals surface area contributed by atoms with Crippen molar-refractivity contribution >= 4 is 27.6 Å². The topological polar surface area (TPSA) is 63.7 Å². The molecule has 0 saturated carbocycles. The number of ether oxygens (including phenoxy) is 1. The highest BCUT2D eigenvalue weighted by atomic mass is 35.5. The second-order valence-corrected chi connectivity index (χ2v) is 7.85. The fraction of sp³-hybridized carbons (Fsp3) is 0.235. The third-order valence-electron chi connectivity index (χ3n) is 3.82. The van der Waals surface area contributed by atoms with Crippen molar-refractivity contribution in [2.24, 2.45) is 0 Å². The summed E-state index contributed by atoms with van der Waals surface area (Å²) in [4.78, 5) is 12.3. The first kappa shape index (κ1) is 17.0. The predicted molar refractivity (Wildman–Crippen MR) is 90.8 cm³/mol. The number of halogens is 1. The molecule has 0 N–H and O–H groups in total. The second kappa shape index (κ2) is 6.93. The van der Waals surface area contributed by atoms with Crippen LogP contribution in [0.2, 0.25) is 5.02 Å². The minimum Gasteiger partial charge on any atom is -0.423 e. The smallest absolute Gasteiger partial charge is 0.343 e. The standard InChI is InChI=1S/C17H16ClNO4S/c18-14-5-7-15(8-6-14)23-17(20)13-3-9-16(10-4-13)24(21,22)19-11-1-2-12-19/h3-10H,1-2,11-12H2. The zero-order valence-electron chi connectivity index (χ0n) is 12.8. The van der Waals surface area contributed by atoms with Crippen LogP contribution in [-0.2, 0) is 10.0 Å². The normalized spacial score (nSPS) is 15.4. The summed E-state index contributed by atoms with van der Waals surface area (Å²) in [7, 11) is -3.48. The van der Waals surface area contributed by atoms with Crippen molar-refractivity contribution in [3.05, 3.63) is 59.1 Å². The molecule has 0 amide bonds. The van der Waals surface area contributed by atoms with E-state index in [1.807, 2.05) is 0 Å². The minimum absolute atomic E-state index is 0.187. The van der Waals surface area contributed by atoms with Gasteiger partial charge in [0.2, 0.25) is 10.0 Å². The van der Waals surface area contributed by atoms with E-state index in [9.17, 15) is 13.2 Å². The summed E-state index contributed by atoms with van der Waals surface area (Å²) in [6.07, 6.45) is 1.76. The van der Waals surface area contributed by atoms with Gasteiger partial charge >= 0.3 is 5.97 Å². The van der Waals surface area contributed by atoms with Crippen LogP contribution in [0.25, 0.3) is 0 Å². The molecule has 1 fully saturated rings. The van der Waals surface area contributed by atoms with Gasteiger partial charge in [-0.15, -0.1) is 0 Å². The molecule has 0 atom stereocenters. The Morgan fingerprint density at radius 2 is 1.54 bits per heavy atom. The van der Waals surface area contributed by atoms with Crippen molar-refractivity contribution in [3.63, 3.8) is 0 Å². The molecule has 0 bridgehead atoms. The van der Waals surface area contributed by atoms with Crippen molar-refractivity contribution < 1.29 is 17.9 Å². The Morgan fingerprint density at radius 1 is 0.958 bits per heavy atom. The van der Waals surface area contributed by atoms with E-state index in [0.717, 1.165) is 12.8 Å². The van der Waals surface area contributed by atoms with E-state index in [1.165, 1.54) is 28.6 Å². The summed E-state index contributed by atoms with van der Waals surface area (Å²) in [6, 6.07) is 12.2. The van der Waals surface area contributed by atoms with Gasteiger partial charge in [-0.2, -0.15) is 4.31 Å². The van der Waals surface area contributed by atoms with Crippen molar-refractivity contribution in [2.45, 2.75) is 17.7 Å². The average Bonchev–Trinajstić information content (AvgIpc) is 3.12. The molecule has 0 unspecified atom stereocenters. The van der Waals surface area contributed by atoms with Gasteiger partial charge in [-0.1, -0.05) is 11.6 Å². The highest BCUT2D eigenvalue weighted by Gasteiger charge is 2.27. The largest absolute Gasteiger partial charge is 0.423 e. The molecule has 1 saturated heterocycles. The molecule has 1 aliphatic heterocycles. The van der Waals surface area contributed by atoms with Crippen molar-refractivity contribution in [2.75, 3.05) is 13.1 Å². The third-order valence-corrected chi connectivity index (χ3v) is 5.98. The average molecular weight is 366 g/mol. The Balaban J connectivity index is 1.74. The zero-order valence-corrected chi connectivity index (χ0v) is 14.4. The van der Waals surface area contributed by atoms with Gasteiger partial charge in [-0.05, 0) is 61.4 Å². The highest BCUT2D eigenvalue weighted by Crippen LogP contribution is 2.22. The number of benzene rings is 2. The first-order chi connectivity index (χ1) is 11.5. The van der Waals surface area contributed by atoms with Crippen molar-refractivity contribution in [3.8, 4) is 5.75 Å². The van der Waals surface area contributed by atoms with Crippen LogP contribution in [-0.4, -0.2) is 31.8 Å². The lowest BCUT2D eigenvalue weighted by Gasteiger charge is -2.15. The maximum atomic E-state index is 12.4. The van der Waals surface area contributed by atoms with Gasteiger partial charge in [-0.25, -0.2) is 13.2 Å². The molecule has 126 valence electrons. The van der Waals surface area contributed by atoms with Gasteiger partial charge in [0.1, 0.15) is 5.75 Å². The number of carbonyl (C=O) groups excluding carboxylic acids is 1. The molecule has 2 aromatic rings. The van der Waals surface area contributed by atoms with Crippen LogP contribution in [0.4, 0.5) is 0 Å². The lowest BCUT2D eigenvalue weighted by Crippen LogP contribution is -2.27. The molecule has 0 radical (unpaired) electrons. The van der Waals surface area contributed by atoms with E-state index in [0.29, 0.717) is 23.9 Å². The van der Waals surface area contributed by atoms with E-state index in [2.05, 4.69) is 0 Å². The summed E-state index contributed by atoms with van der Waals surface area (Å²) in [5.74, 6) is -0.180. The van der Waals surface area contributed by atoms with Crippen molar-refractivity contribution in [1.29, 1.82) is 0 Å².